The first-order valence-corrected chi connectivity index (χ1v) is 6.64. The summed E-state index contributed by atoms with van der Waals surface area (Å²) in [5.41, 5.74) is 3.61. The lowest BCUT2D eigenvalue weighted by atomic mass is 10.1. The maximum Gasteiger partial charge on any atom is 0.0716 e. The molecule has 3 heteroatoms. The third-order valence-electron chi connectivity index (χ3n) is 2.75. The van der Waals surface area contributed by atoms with Crippen molar-refractivity contribution in [1.82, 2.24) is 0 Å². The van der Waals surface area contributed by atoms with Gasteiger partial charge < -0.3 is 10.1 Å². The second-order valence-electron chi connectivity index (χ2n) is 4.06. The molecule has 94 valence electrons. The van der Waals surface area contributed by atoms with Crippen molar-refractivity contribution in [2.45, 2.75) is 13.2 Å². The fourth-order valence-corrected chi connectivity index (χ4v) is 2.06. The van der Waals surface area contributed by atoms with E-state index in [1.165, 1.54) is 11.1 Å². The standard InChI is InChI=1S/C15H16BrNO/c1-18-11-13-5-3-2-4-12(13)10-17-15-8-6-14(16)7-9-15/h2-9,17H,10-11H2,1H3. The van der Waals surface area contributed by atoms with Gasteiger partial charge in [-0.15, -0.1) is 0 Å². The molecule has 2 rings (SSSR count). The van der Waals surface area contributed by atoms with Crippen LogP contribution in [0.4, 0.5) is 5.69 Å². The predicted octanol–water partition coefficient (Wildman–Crippen LogP) is 4.21. The van der Waals surface area contributed by atoms with E-state index in [4.69, 9.17) is 4.74 Å². The van der Waals surface area contributed by atoms with Crippen LogP contribution in [0.3, 0.4) is 0 Å². The van der Waals surface area contributed by atoms with E-state index in [0.717, 1.165) is 16.7 Å². The molecule has 2 aromatic rings. The highest BCUT2D eigenvalue weighted by atomic mass is 79.9. The van der Waals surface area contributed by atoms with Crippen LogP contribution in [-0.2, 0) is 17.9 Å². The molecule has 0 unspecified atom stereocenters. The number of benzene rings is 2. The summed E-state index contributed by atoms with van der Waals surface area (Å²) in [4.78, 5) is 0. The topological polar surface area (TPSA) is 21.3 Å². The van der Waals surface area contributed by atoms with Crippen molar-refractivity contribution in [3.05, 3.63) is 64.1 Å². The third-order valence-corrected chi connectivity index (χ3v) is 3.27. The van der Waals surface area contributed by atoms with Crippen LogP contribution in [0.1, 0.15) is 11.1 Å². The Kier molecular flexibility index (Phi) is 4.79. The molecule has 0 aromatic heterocycles. The zero-order chi connectivity index (χ0) is 12.8. The molecule has 2 nitrogen and oxygen atoms in total. The maximum absolute atomic E-state index is 5.20. The smallest absolute Gasteiger partial charge is 0.0716 e. The van der Waals surface area contributed by atoms with E-state index in [9.17, 15) is 0 Å². The second kappa shape index (κ2) is 6.57. The van der Waals surface area contributed by atoms with Crippen LogP contribution in [0.2, 0.25) is 0 Å². The van der Waals surface area contributed by atoms with Crippen LogP contribution in [0.5, 0.6) is 0 Å². The number of rotatable bonds is 5. The van der Waals surface area contributed by atoms with Gasteiger partial charge in [-0.1, -0.05) is 40.2 Å². The number of halogens is 1. The third kappa shape index (κ3) is 3.59. The number of nitrogens with one attached hydrogen (secondary N) is 1. The van der Waals surface area contributed by atoms with Crippen molar-refractivity contribution in [3.8, 4) is 0 Å². The minimum absolute atomic E-state index is 0.651. The number of hydrogen-bond donors (Lipinski definition) is 1. The average Bonchev–Trinajstić information content (AvgIpc) is 2.40. The molecule has 18 heavy (non-hydrogen) atoms. The van der Waals surface area contributed by atoms with Gasteiger partial charge in [-0.2, -0.15) is 0 Å². The maximum atomic E-state index is 5.20. The number of anilines is 1. The van der Waals surface area contributed by atoms with E-state index >= 15 is 0 Å². The van der Waals surface area contributed by atoms with Gasteiger partial charge in [-0.3, -0.25) is 0 Å². The van der Waals surface area contributed by atoms with Crippen LogP contribution in [-0.4, -0.2) is 7.11 Å². The molecular weight excluding hydrogens is 290 g/mol. The Morgan fingerprint density at radius 3 is 2.33 bits per heavy atom. The minimum atomic E-state index is 0.651. The van der Waals surface area contributed by atoms with E-state index in [0.29, 0.717) is 6.61 Å². The molecule has 0 amide bonds. The second-order valence-corrected chi connectivity index (χ2v) is 4.98. The highest BCUT2D eigenvalue weighted by molar-refractivity contribution is 9.10. The van der Waals surface area contributed by atoms with Crippen LogP contribution in [0.15, 0.2) is 53.0 Å². The highest BCUT2D eigenvalue weighted by Crippen LogP contribution is 2.16. The van der Waals surface area contributed by atoms with Gasteiger partial charge in [0.05, 0.1) is 6.61 Å². The summed E-state index contributed by atoms with van der Waals surface area (Å²) in [6.45, 7) is 1.46. The summed E-state index contributed by atoms with van der Waals surface area (Å²) in [7, 11) is 1.72. The van der Waals surface area contributed by atoms with Gasteiger partial charge in [0.2, 0.25) is 0 Å². The quantitative estimate of drug-likeness (QED) is 0.893. The van der Waals surface area contributed by atoms with Gasteiger partial charge in [0.25, 0.3) is 0 Å². The van der Waals surface area contributed by atoms with Gasteiger partial charge in [0, 0.05) is 23.8 Å². The first-order valence-electron chi connectivity index (χ1n) is 5.85. The SMILES string of the molecule is COCc1ccccc1CNc1ccc(Br)cc1. The predicted molar refractivity (Wildman–Crippen MR) is 78.6 cm³/mol. The summed E-state index contributed by atoms with van der Waals surface area (Å²) in [5.74, 6) is 0. The van der Waals surface area contributed by atoms with Crippen molar-refractivity contribution in [3.63, 3.8) is 0 Å². The Balaban J connectivity index is 2.03. The lowest BCUT2D eigenvalue weighted by Gasteiger charge is -2.11. The monoisotopic (exact) mass is 305 g/mol. The van der Waals surface area contributed by atoms with Gasteiger partial charge in [0.1, 0.15) is 0 Å². The van der Waals surface area contributed by atoms with E-state index < -0.39 is 0 Å². The summed E-state index contributed by atoms with van der Waals surface area (Å²) >= 11 is 3.43. The molecule has 0 heterocycles. The number of hydrogen-bond acceptors (Lipinski definition) is 2. The van der Waals surface area contributed by atoms with Crippen molar-refractivity contribution < 1.29 is 4.74 Å². The zero-order valence-corrected chi connectivity index (χ0v) is 11.9. The van der Waals surface area contributed by atoms with Gasteiger partial charge in [-0.25, -0.2) is 0 Å². The Morgan fingerprint density at radius 1 is 1.00 bits per heavy atom. The molecule has 1 N–H and O–H groups in total. The molecule has 0 radical (unpaired) electrons. The van der Waals surface area contributed by atoms with E-state index in [-0.39, 0.29) is 0 Å². The van der Waals surface area contributed by atoms with Crippen LogP contribution < -0.4 is 5.32 Å². The fraction of sp³-hybridized carbons (Fsp3) is 0.200. The number of ether oxygens (including phenoxy) is 1. The summed E-state index contributed by atoms with van der Waals surface area (Å²) in [5, 5.41) is 3.41. The van der Waals surface area contributed by atoms with Crippen LogP contribution in [0.25, 0.3) is 0 Å². The molecule has 0 saturated carbocycles. The normalized spacial score (nSPS) is 10.3. The van der Waals surface area contributed by atoms with E-state index in [1.807, 2.05) is 18.2 Å². The Hall–Kier alpha value is -1.32. The van der Waals surface area contributed by atoms with Crippen LogP contribution >= 0.6 is 15.9 Å². The molecule has 0 aliphatic carbocycles. The lowest BCUT2D eigenvalue weighted by molar-refractivity contribution is 0.184. The van der Waals surface area contributed by atoms with Gasteiger partial charge >= 0.3 is 0 Å². The Morgan fingerprint density at radius 2 is 1.67 bits per heavy atom. The summed E-state index contributed by atoms with van der Waals surface area (Å²) in [6.07, 6.45) is 0. The van der Waals surface area contributed by atoms with E-state index in [1.54, 1.807) is 7.11 Å². The van der Waals surface area contributed by atoms with Crippen molar-refractivity contribution >= 4 is 21.6 Å². The van der Waals surface area contributed by atoms with E-state index in [2.05, 4.69) is 51.6 Å². The lowest BCUT2D eigenvalue weighted by Crippen LogP contribution is -2.03. The molecular formula is C15H16BrNO. The highest BCUT2D eigenvalue weighted by Gasteiger charge is 2.01. The molecule has 0 saturated heterocycles. The Labute approximate surface area is 116 Å². The molecule has 2 aromatic carbocycles. The average molecular weight is 306 g/mol. The first kappa shape index (κ1) is 13.1. The van der Waals surface area contributed by atoms with Crippen molar-refractivity contribution in [2.75, 3.05) is 12.4 Å². The van der Waals surface area contributed by atoms with Crippen molar-refractivity contribution in [1.29, 1.82) is 0 Å². The Bertz CT molecular complexity index is 496. The largest absolute Gasteiger partial charge is 0.381 e. The summed E-state index contributed by atoms with van der Waals surface area (Å²) in [6, 6.07) is 16.5. The fourth-order valence-electron chi connectivity index (χ4n) is 1.79. The molecule has 0 atom stereocenters. The molecule has 0 spiro atoms. The zero-order valence-electron chi connectivity index (χ0n) is 10.3. The van der Waals surface area contributed by atoms with Crippen LogP contribution in [0, 0.1) is 0 Å². The summed E-state index contributed by atoms with van der Waals surface area (Å²) < 4.78 is 6.29. The van der Waals surface area contributed by atoms with Gasteiger partial charge in [0.15, 0.2) is 0 Å². The molecule has 0 aliphatic heterocycles. The number of methoxy groups -OCH3 is 1. The molecule has 0 aliphatic rings. The first-order chi connectivity index (χ1) is 8.79. The van der Waals surface area contributed by atoms with Gasteiger partial charge in [-0.05, 0) is 35.4 Å². The molecule has 0 fully saturated rings. The van der Waals surface area contributed by atoms with Crippen molar-refractivity contribution in [2.24, 2.45) is 0 Å². The minimum Gasteiger partial charge on any atom is -0.381 e. The molecule has 0 bridgehead atoms.